The van der Waals surface area contributed by atoms with Gasteiger partial charge in [-0.25, -0.2) is 9.18 Å². The molecule has 0 aromatic heterocycles. The van der Waals surface area contributed by atoms with Gasteiger partial charge in [0.15, 0.2) is 11.6 Å². The molecule has 0 amide bonds. The Hall–Kier alpha value is -1.86. The molecule has 1 aromatic rings. The van der Waals surface area contributed by atoms with E-state index >= 15 is 0 Å². The normalized spacial score (nSPS) is 19.3. The molecule has 2 rings (SSSR count). The third-order valence-corrected chi connectivity index (χ3v) is 4.24. The molecule has 1 N–H and O–H groups in total. The monoisotopic (exact) mass is 322 g/mol. The maximum absolute atomic E-state index is 14.2. The number of hydrogen-bond acceptors (Lipinski definition) is 4. The van der Waals surface area contributed by atoms with Gasteiger partial charge < -0.3 is 19.2 Å². The van der Waals surface area contributed by atoms with Crippen molar-refractivity contribution in [1.29, 1.82) is 0 Å². The summed E-state index contributed by atoms with van der Waals surface area (Å²) in [4.78, 5) is 11.1. The SMILES string of the molecule is COc1cc(C(=O)O)cc(/C=C/B2OC(C)(C)C(C)(C)O2)c1F. The highest BCUT2D eigenvalue weighted by Gasteiger charge is 2.50. The van der Waals surface area contributed by atoms with Gasteiger partial charge in [-0.05, 0) is 39.8 Å². The number of carboxylic acids is 1. The number of methoxy groups -OCH3 is 1. The van der Waals surface area contributed by atoms with Crippen LogP contribution < -0.4 is 4.74 Å². The van der Waals surface area contributed by atoms with Crippen molar-refractivity contribution in [2.24, 2.45) is 0 Å². The Kier molecular flexibility index (Phi) is 4.55. The van der Waals surface area contributed by atoms with Crippen molar-refractivity contribution in [2.75, 3.05) is 7.11 Å². The molecule has 0 bridgehead atoms. The number of rotatable bonds is 4. The van der Waals surface area contributed by atoms with Gasteiger partial charge in [0.05, 0.1) is 23.9 Å². The average Bonchev–Trinajstić information content (AvgIpc) is 2.65. The largest absolute Gasteiger partial charge is 0.494 e. The van der Waals surface area contributed by atoms with Crippen molar-refractivity contribution in [3.63, 3.8) is 0 Å². The number of hydrogen-bond donors (Lipinski definition) is 1. The zero-order chi connectivity index (χ0) is 17.4. The highest BCUT2D eigenvalue weighted by molar-refractivity contribution is 6.52. The van der Waals surface area contributed by atoms with Crippen LogP contribution in [0.1, 0.15) is 43.6 Å². The van der Waals surface area contributed by atoms with E-state index in [2.05, 4.69) is 0 Å². The molecule has 1 heterocycles. The van der Waals surface area contributed by atoms with Gasteiger partial charge in [-0.2, -0.15) is 0 Å². The van der Waals surface area contributed by atoms with Crippen LogP contribution >= 0.6 is 0 Å². The third-order valence-electron chi connectivity index (χ3n) is 4.24. The second-order valence-electron chi connectivity index (χ2n) is 6.37. The van der Waals surface area contributed by atoms with Crippen molar-refractivity contribution in [3.05, 3.63) is 35.1 Å². The first-order chi connectivity index (χ1) is 10.6. The van der Waals surface area contributed by atoms with Gasteiger partial charge in [-0.15, -0.1) is 0 Å². The summed E-state index contributed by atoms with van der Waals surface area (Å²) in [5, 5.41) is 9.09. The number of carbonyl (C=O) groups is 1. The van der Waals surface area contributed by atoms with E-state index in [4.69, 9.17) is 19.2 Å². The van der Waals surface area contributed by atoms with Crippen LogP contribution in [0.25, 0.3) is 6.08 Å². The molecule has 1 aliphatic heterocycles. The van der Waals surface area contributed by atoms with Crippen LogP contribution in [0.4, 0.5) is 4.39 Å². The molecule has 0 atom stereocenters. The molecule has 0 radical (unpaired) electrons. The summed E-state index contributed by atoms with van der Waals surface area (Å²) >= 11 is 0. The van der Waals surface area contributed by atoms with E-state index in [0.717, 1.165) is 6.07 Å². The Labute approximate surface area is 135 Å². The van der Waals surface area contributed by atoms with E-state index in [1.807, 2.05) is 27.7 Å². The standard InChI is InChI=1S/C16H20BFO5/c1-15(2)16(3,4)23-17(22-15)7-6-10-8-11(14(19)20)9-12(21-5)13(10)18/h6-9H,1-5H3,(H,19,20)/b7-6+. The van der Waals surface area contributed by atoms with Crippen molar-refractivity contribution in [2.45, 2.75) is 38.9 Å². The van der Waals surface area contributed by atoms with Gasteiger partial charge in [-0.1, -0.05) is 12.1 Å². The highest BCUT2D eigenvalue weighted by atomic mass is 19.1. The molecule has 7 heteroatoms. The molecule has 0 unspecified atom stereocenters. The number of halogens is 1. The lowest BCUT2D eigenvalue weighted by molar-refractivity contribution is 0.00578. The lowest BCUT2D eigenvalue weighted by Gasteiger charge is -2.32. The van der Waals surface area contributed by atoms with E-state index < -0.39 is 30.1 Å². The van der Waals surface area contributed by atoms with Crippen LogP contribution in [0.5, 0.6) is 5.75 Å². The van der Waals surface area contributed by atoms with Crippen molar-refractivity contribution < 1.29 is 28.3 Å². The van der Waals surface area contributed by atoms with Crippen LogP contribution in [-0.4, -0.2) is 36.5 Å². The Morgan fingerprint density at radius 2 is 1.83 bits per heavy atom. The number of carboxylic acid groups (broad SMARTS) is 1. The number of aromatic carboxylic acids is 1. The second kappa shape index (κ2) is 5.98. The third kappa shape index (κ3) is 3.40. The molecule has 1 aliphatic rings. The predicted octanol–water partition coefficient (Wildman–Crippen LogP) is 3.18. The van der Waals surface area contributed by atoms with Crippen molar-refractivity contribution >= 4 is 19.2 Å². The maximum Gasteiger partial charge on any atom is 0.487 e. The Morgan fingerprint density at radius 3 is 2.30 bits per heavy atom. The van der Waals surface area contributed by atoms with Gasteiger partial charge in [0.1, 0.15) is 0 Å². The van der Waals surface area contributed by atoms with Crippen LogP contribution in [0.3, 0.4) is 0 Å². The summed E-state index contributed by atoms with van der Waals surface area (Å²) in [5.41, 5.74) is -0.962. The molecule has 1 aromatic carbocycles. The van der Waals surface area contributed by atoms with Crippen LogP contribution in [0.15, 0.2) is 18.1 Å². The number of ether oxygens (including phenoxy) is 1. The first-order valence-corrected chi connectivity index (χ1v) is 7.22. The van der Waals surface area contributed by atoms with Crippen LogP contribution in [0.2, 0.25) is 0 Å². The van der Waals surface area contributed by atoms with E-state index in [0.29, 0.717) is 0 Å². The minimum Gasteiger partial charge on any atom is -0.494 e. The van der Waals surface area contributed by atoms with Gasteiger partial charge in [-0.3, -0.25) is 0 Å². The summed E-state index contributed by atoms with van der Waals surface area (Å²) < 4.78 is 30.7. The first-order valence-electron chi connectivity index (χ1n) is 7.22. The Morgan fingerprint density at radius 1 is 1.26 bits per heavy atom. The van der Waals surface area contributed by atoms with E-state index in [1.165, 1.54) is 19.3 Å². The molecular weight excluding hydrogens is 302 g/mol. The smallest absolute Gasteiger partial charge is 0.487 e. The molecule has 23 heavy (non-hydrogen) atoms. The highest BCUT2D eigenvalue weighted by Crippen LogP contribution is 2.37. The minimum absolute atomic E-state index is 0.0585. The molecule has 0 aliphatic carbocycles. The van der Waals surface area contributed by atoms with Crippen LogP contribution in [0, 0.1) is 5.82 Å². The van der Waals surface area contributed by atoms with Gasteiger partial charge >= 0.3 is 13.1 Å². The van der Waals surface area contributed by atoms with Crippen molar-refractivity contribution in [1.82, 2.24) is 0 Å². The Balaban J connectivity index is 2.30. The van der Waals surface area contributed by atoms with Gasteiger partial charge in [0.2, 0.25) is 0 Å². The fourth-order valence-electron chi connectivity index (χ4n) is 2.16. The van der Waals surface area contributed by atoms with E-state index in [9.17, 15) is 9.18 Å². The quantitative estimate of drug-likeness (QED) is 0.863. The summed E-state index contributed by atoms with van der Waals surface area (Å²) in [6.45, 7) is 7.65. The molecule has 0 spiro atoms. The van der Waals surface area contributed by atoms with Gasteiger partial charge in [0.25, 0.3) is 0 Å². The fourth-order valence-corrected chi connectivity index (χ4v) is 2.16. The topological polar surface area (TPSA) is 65.0 Å². The first kappa shape index (κ1) is 17.5. The summed E-state index contributed by atoms with van der Waals surface area (Å²) in [6.07, 6.45) is 1.44. The summed E-state index contributed by atoms with van der Waals surface area (Å²) in [5.74, 6) is -0.364. The Bertz CT molecular complexity index is 638. The lowest BCUT2D eigenvalue weighted by atomic mass is 9.89. The maximum atomic E-state index is 14.2. The summed E-state index contributed by atoms with van der Waals surface area (Å²) in [6, 6.07) is 2.38. The summed E-state index contributed by atoms with van der Waals surface area (Å²) in [7, 11) is 0.644. The zero-order valence-electron chi connectivity index (χ0n) is 13.8. The molecule has 0 saturated carbocycles. The molecule has 1 fully saturated rings. The zero-order valence-corrected chi connectivity index (χ0v) is 13.8. The second-order valence-corrected chi connectivity index (χ2v) is 6.37. The fraction of sp³-hybridized carbons (Fsp3) is 0.438. The minimum atomic E-state index is -1.16. The molecule has 124 valence electrons. The van der Waals surface area contributed by atoms with Crippen molar-refractivity contribution in [3.8, 4) is 5.75 Å². The predicted molar refractivity (Wildman–Crippen MR) is 85.0 cm³/mol. The molecule has 1 saturated heterocycles. The van der Waals surface area contributed by atoms with Crippen LogP contribution in [-0.2, 0) is 9.31 Å². The van der Waals surface area contributed by atoms with E-state index in [1.54, 1.807) is 5.98 Å². The lowest BCUT2D eigenvalue weighted by Crippen LogP contribution is -2.41. The van der Waals surface area contributed by atoms with Gasteiger partial charge in [0, 0.05) is 5.56 Å². The van der Waals surface area contributed by atoms with E-state index in [-0.39, 0.29) is 16.9 Å². The molecule has 5 nitrogen and oxygen atoms in total. The number of benzene rings is 1. The average molecular weight is 322 g/mol. The molecular formula is C16H20BFO5.